The number of rotatable bonds is 16. The molecule has 0 saturated heterocycles. The number of phosphoric acid groups is 1. The number of carbonyl (C=O) groups excluding carboxylic acids is 2. The van der Waals surface area contributed by atoms with E-state index in [-0.39, 0.29) is 22.6 Å². The Kier molecular flexibility index (Phi) is 16.9. The third-order valence-corrected chi connectivity index (χ3v) is 10.1. The molecule has 264 valence electrons. The average molecular weight is 771 g/mol. The van der Waals surface area contributed by atoms with Crippen LogP contribution in [0.3, 0.4) is 0 Å². The van der Waals surface area contributed by atoms with Gasteiger partial charge in [0.15, 0.2) is 0 Å². The molecule has 6 N–H and O–H groups in total. The van der Waals surface area contributed by atoms with Gasteiger partial charge in [0.2, 0.25) is 15.9 Å². The number of nitrogens with two attached hydrogens (primary N) is 1. The number of aromatic nitrogens is 1. The Morgan fingerprint density at radius 1 is 1.04 bits per heavy atom. The number of sulfonamides is 1. The fraction of sp³-hybridized carbons (Fsp3) is 0.406. The maximum absolute atomic E-state index is 13.2. The van der Waals surface area contributed by atoms with E-state index >= 15 is 0 Å². The quantitative estimate of drug-likeness (QED) is 0.0788. The summed E-state index contributed by atoms with van der Waals surface area (Å²) < 4.78 is 41.9. The van der Waals surface area contributed by atoms with Crippen LogP contribution >= 0.6 is 23.8 Å². The lowest BCUT2D eigenvalue weighted by molar-refractivity contribution is -0.122. The maximum Gasteiger partial charge on any atom is 0.469 e. The Labute approximate surface area is 291 Å². The van der Waals surface area contributed by atoms with E-state index < -0.39 is 23.9 Å². The molecule has 1 heterocycles. The predicted octanol–water partition coefficient (Wildman–Crippen LogP) is 4.43. The van der Waals surface area contributed by atoms with Crippen LogP contribution in [0.25, 0.3) is 0 Å². The average Bonchev–Trinajstić information content (AvgIpc) is 3.02. The minimum atomic E-state index is -4.15. The third kappa shape index (κ3) is 14.1. The maximum atomic E-state index is 13.2. The summed E-state index contributed by atoms with van der Waals surface area (Å²) in [6, 6.07) is 16.4. The summed E-state index contributed by atoms with van der Waals surface area (Å²) in [6.07, 6.45) is 3.97. The van der Waals surface area contributed by atoms with Gasteiger partial charge >= 0.3 is 7.82 Å². The predicted molar refractivity (Wildman–Crippen MR) is 188 cm³/mol. The lowest BCUT2D eigenvalue weighted by Gasteiger charge is -2.24. The standard InChI is InChI=1S/C31H40BrN5O4S.CH5O4P/c1-22(2)21-37(42(40,41)26-15-13-25(33)14-16-26)19-8-4-7-17-35-31(39)29(20-24-10-5-6-12-28(24)32)36-30(38)27-11-9-18-34-23(27)3;1-5-6(2,3)4/h5-6,9-16,18,22,29H,4,7-8,17,19-21,33H2,1-3H3,(H,35,39)(H,36,38);1H3,(H2,2,3,4)/t29-;/m0./s1. The smallest absolute Gasteiger partial charge is 0.399 e. The first-order valence-electron chi connectivity index (χ1n) is 15.3. The largest absolute Gasteiger partial charge is 0.469 e. The van der Waals surface area contributed by atoms with E-state index in [0.29, 0.717) is 55.8 Å². The molecule has 0 bridgehead atoms. The summed E-state index contributed by atoms with van der Waals surface area (Å²) in [5.41, 5.74) is 8.14. The molecule has 0 unspecified atom stereocenters. The number of phosphoric ester groups is 1. The van der Waals surface area contributed by atoms with E-state index in [2.05, 4.69) is 36.1 Å². The molecule has 2 aromatic carbocycles. The summed E-state index contributed by atoms with van der Waals surface area (Å²) >= 11 is 3.53. The minimum Gasteiger partial charge on any atom is -0.399 e. The van der Waals surface area contributed by atoms with E-state index in [9.17, 15) is 22.6 Å². The Bertz CT molecular complexity index is 1640. The molecular formula is C32H45BrN5O8PS. The first-order valence-corrected chi connectivity index (χ1v) is 19.0. The summed E-state index contributed by atoms with van der Waals surface area (Å²) in [4.78, 5) is 46.1. The molecule has 3 rings (SSSR count). The summed E-state index contributed by atoms with van der Waals surface area (Å²) in [6.45, 7) is 6.92. The van der Waals surface area contributed by atoms with Gasteiger partial charge in [0.1, 0.15) is 6.04 Å². The van der Waals surface area contributed by atoms with Crippen molar-refractivity contribution in [3.8, 4) is 0 Å². The highest BCUT2D eigenvalue weighted by Crippen LogP contribution is 2.33. The van der Waals surface area contributed by atoms with Crippen molar-refractivity contribution in [3.63, 3.8) is 0 Å². The van der Waals surface area contributed by atoms with Gasteiger partial charge in [-0.05, 0) is 73.7 Å². The number of nitrogen functional groups attached to an aromatic ring is 1. The van der Waals surface area contributed by atoms with Gasteiger partial charge in [-0.25, -0.2) is 13.0 Å². The van der Waals surface area contributed by atoms with Crippen molar-refractivity contribution in [2.75, 3.05) is 32.5 Å². The van der Waals surface area contributed by atoms with Crippen molar-refractivity contribution in [1.29, 1.82) is 0 Å². The zero-order valence-electron chi connectivity index (χ0n) is 27.5. The normalized spacial score (nSPS) is 12.3. The molecule has 0 fully saturated rings. The molecular weight excluding hydrogens is 725 g/mol. The fourth-order valence-electron chi connectivity index (χ4n) is 4.48. The highest BCUT2D eigenvalue weighted by atomic mass is 79.9. The van der Waals surface area contributed by atoms with E-state index in [1.54, 1.807) is 37.4 Å². The monoisotopic (exact) mass is 769 g/mol. The Balaban J connectivity index is 0.00000122. The van der Waals surface area contributed by atoms with Gasteiger partial charge in [-0.15, -0.1) is 0 Å². The molecule has 0 aliphatic heterocycles. The number of aryl methyl sites for hydroxylation is 1. The van der Waals surface area contributed by atoms with Crippen molar-refractivity contribution in [1.82, 2.24) is 19.9 Å². The van der Waals surface area contributed by atoms with Crippen molar-refractivity contribution in [2.24, 2.45) is 5.92 Å². The summed E-state index contributed by atoms with van der Waals surface area (Å²) in [5, 5.41) is 5.82. The second kappa shape index (κ2) is 19.7. The first kappa shape index (κ1) is 41.0. The summed E-state index contributed by atoms with van der Waals surface area (Å²) in [5.74, 6) is -0.478. The summed E-state index contributed by atoms with van der Waals surface area (Å²) in [7, 11) is -6.84. The molecule has 0 spiro atoms. The molecule has 13 nitrogen and oxygen atoms in total. The number of anilines is 1. The van der Waals surface area contributed by atoms with Crippen LogP contribution in [0.15, 0.2) is 76.2 Å². The minimum absolute atomic E-state index is 0.167. The SMILES string of the molecule is COP(=O)(O)O.Cc1ncccc1C(=O)N[C@@H](Cc1ccccc1Br)C(=O)NCCCCCN(CC(C)C)S(=O)(=O)c1ccc(N)cc1. The molecule has 3 aromatic rings. The highest BCUT2D eigenvalue weighted by molar-refractivity contribution is 9.10. The van der Waals surface area contributed by atoms with Crippen molar-refractivity contribution in [2.45, 2.75) is 57.4 Å². The Morgan fingerprint density at radius 2 is 1.69 bits per heavy atom. The fourth-order valence-corrected chi connectivity index (χ4v) is 6.57. The number of nitrogens with zero attached hydrogens (tertiary/aromatic N) is 2. The van der Waals surface area contributed by atoms with Gasteiger partial charge < -0.3 is 26.2 Å². The van der Waals surface area contributed by atoms with Crippen LogP contribution in [0.5, 0.6) is 0 Å². The molecule has 1 atom stereocenters. The first-order chi connectivity index (χ1) is 22.5. The van der Waals surface area contributed by atoms with Gasteiger partial charge in [0, 0.05) is 55.2 Å². The van der Waals surface area contributed by atoms with Crippen LogP contribution in [0.1, 0.15) is 54.7 Å². The van der Waals surface area contributed by atoms with Gasteiger partial charge in [0.25, 0.3) is 5.91 Å². The number of nitrogens with one attached hydrogen (secondary N) is 2. The zero-order valence-corrected chi connectivity index (χ0v) is 30.8. The molecule has 0 aliphatic carbocycles. The van der Waals surface area contributed by atoms with Crippen LogP contribution in [0.2, 0.25) is 0 Å². The molecule has 0 aliphatic rings. The third-order valence-electron chi connectivity index (χ3n) is 6.96. The molecule has 0 radical (unpaired) electrons. The lowest BCUT2D eigenvalue weighted by Crippen LogP contribution is -2.48. The topological polar surface area (TPSA) is 201 Å². The second-order valence-electron chi connectivity index (χ2n) is 11.3. The van der Waals surface area contributed by atoms with Crippen molar-refractivity contribution in [3.05, 3.63) is 88.2 Å². The molecule has 1 aromatic heterocycles. The molecule has 2 amide bonds. The second-order valence-corrected chi connectivity index (χ2v) is 15.4. The number of pyridine rings is 1. The number of hydrogen-bond acceptors (Lipinski definition) is 8. The van der Waals surface area contributed by atoms with Crippen molar-refractivity contribution >= 4 is 51.3 Å². The van der Waals surface area contributed by atoms with Gasteiger partial charge in [-0.3, -0.25) is 19.1 Å². The van der Waals surface area contributed by atoms with Gasteiger partial charge in [-0.1, -0.05) is 54.4 Å². The number of benzene rings is 2. The van der Waals surface area contributed by atoms with Gasteiger partial charge in [0.05, 0.1) is 10.5 Å². The van der Waals surface area contributed by atoms with E-state index in [1.165, 1.54) is 16.4 Å². The Morgan fingerprint density at radius 3 is 2.27 bits per heavy atom. The van der Waals surface area contributed by atoms with E-state index in [4.69, 9.17) is 15.5 Å². The number of hydrogen-bond donors (Lipinski definition) is 5. The lowest BCUT2D eigenvalue weighted by atomic mass is 10.0. The molecule has 16 heteroatoms. The van der Waals surface area contributed by atoms with Crippen molar-refractivity contribution < 1.29 is 36.9 Å². The van der Waals surface area contributed by atoms with Crippen LogP contribution in [0, 0.1) is 12.8 Å². The van der Waals surface area contributed by atoms with E-state index in [0.717, 1.165) is 23.6 Å². The number of halogens is 1. The number of carbonyl (C=O) groups is 2. The Hall–Kier alpha value is -3.17. The zero-order chi connectivity index (χ0) is 35.9. The highest BCUT2D eigenvalue weighted by Gasteiger charge is 2.25. The number of amides is 2. The van der Waals surface area contributed by atoms with Crippen LogP contribution < -0.4 is 16.4 Å². The van der Waals surface area contributed by atoms with Crippen LogP contribution in [-0.2, 0) is 30.3 Å². The van der Waals surface area contributed by atoms with Crippen LogP contribution in [-0.4, -0.2) is 72.1 Å². The molecule has 48 heavy (non-hydrogen) atoms. The number of unbranched alkanes of at least 4 members (excludes halogenated alkanes) is 2. The van der Waals surface area contributed by atoms with Gasteiger partial charge in [-0.2, -0.15) is 4.31 Å². The molecule has 0 saturated carbocycles. The van der Waals surface area contributed by atoms with E-state index in [1.807, 2.05) is 38.1 Å². The van der Waals surface area contributed by atoms with Crippen LogP contribution in [0.4, 0.5) is 5.69 Å².